The molecule has 2 rings (SSSR count). The molecule has 0 N–H and O–H groups in total. The SMILES string of the molecule is CCC(Cc1ccc(C(C)(C)C)cc1)B1OC(C)(C)C(C)(C)O1. The van der Waals surface area contributed by atoms with Crippen LogP contribution in [0.25, 0.3) is 0 Å². The molecule has 0 amide bonds. The van der Waals surface area contributed by atoms with Gasteiger partial charge in [-0.05, 0) is 56.5 Å². The van der Waals surface area contributed by atoms with E-state index in [2.05, 4.69) is 79.7 Å². The summed E-state index contributed by atoms with van der Waals surface area (Å²) in [5.74, 6) is 0.386. The summed E-state index contributed by atoms with van der Waals surface area (Å²) < 4.78 is 12.5. The summed E-state index contributed by atoms with van der Waals surface area (Å²) in [6.07, 6.45) is 2.05. The minimum Gasteiger partial charge on any atom is -0.403 e. The number of benzene rings is 1. The van der Waals surface area contributed by atoms with Gasteiger partial charge in [0.25, 0.3) is 0 Å². The first kappa shape index (κ1) is 18.5. The molecule has 0 aromatic heterocycles. The molecule has 0 spiro atoms. The first-order valence-electron chi connectivity index (χ1n) is 8.91. The monoisotopic (exact) mass is 316 g/mol. The van der Waals surface area contributed by atoms with Gasteiger partial charge in [0.05, 0.1) is 11.2 Å². The van der Waals surface area contributed by atoms with Crippen molar-refractivity contribution in [2.75, 3.05) is 0 Å². The summed E-state index contributed by atoms with van der Waals surface area (Å²) in [5, 5.41) is 0. The van der Waals surface area contributed by atoms with Crippen LogP contribution in [0, 0.1) is 0 Å². The van der Waals surface area contributed by atoms with Gasteiger partial charge in [-0.1, -0.05) is 58.4 Å². The zero-order valence-electron chi connectivity index (χ0n) is 16.2. The second-order valence-electron chi connectivity index (χ2n) is 8.94. The average Bonchev–Trinajstić information content (AvgIpc) is 2.64. The number of hydrogen-bond acceptors (Lipinski definition) is 2. The Labute approximate surface area is 143 Å². The lowest BCUT2D eigenvalue weighted by Gasteiger charge is -2.32. The number of rotatable bonds is 4. The molecule has 0 bridgehead atoms. The van der Waals surface area contributed by atoms with E-state index in [1.54, 1.807) is 0 Å². The first-order chi connectivity index (χ1) is 10.5. The van der Waals surface area contributed by atoms with Crippen LogP contribution in [-0.2, 0) is 21.1 Å². The quantitative estimate of drug-likeness (QED) is 0.693. The molecule has 1 saturated heterocycles. The van der Waals surface area contributed by atoms with Crippen molar-refractivity contribution in [3.05, 3.63) is 35.4 Å². The molecule has 1 fully saturated rings. The van der Waals surface area contributed by atoms with Gasteiger partial charge in [-0.25, -0.2) is 0 Å². The second-order valence-corrected chi connectivity index (χ2v) is 8.94. The Morgan fingerprint density at radius 2 is 1.43 bits per heavy atom. The van der Waals surface area contributed by atoms with Crippen molar-refractivity contribution in [1.29, 1.82) is 0 Å². The molecule has 23 heavy (non-hydrogen) atoms. The Hall–Kier alpha value is -0.795. The Morgan fingerprint density at radius 1 is 0.957 bits per heavy atom. The summed E-state index contributed by atoms with van der Waals surface area (Å²) in [7, 11) is -0.118. The predicted octanol–water partition coefficient (Wildman–Crippen LogP) is 5.40. The lowest BCUT2D eigenvalue weighted by molar-refractivity contribution is 0.00578. The third-order valence-electron chi connectivity index (χ3n) is 5.50. The average molecular weight is 316 g/mol. The molecule has 1 heterocycles. The summed E-state index contributed by atoms with van der Waals surface area (Å²) in [5.41, 5.74) is 2.45. The van der Waals surface area contributed by atoms with Crippen LogP contribution >= 0.6 is 0 Å². The van der Waals surface area contributed by atoms with E-state index in [0.717, 1.165) is 12.8 Å². The van der Waals surface area contributed by atoms with Gasteiger partial charge in [0.2, 0.25) is 0 Å². The van der Waals surface area contributed by atoms with Gasteiger partial charge >= 0.3 is 7.12 Å². The van der Waals surface area contributed by atoms with Gasteiger partial charge in [0, 0.05) is 0 Å². The molecule has 1 aliphatic rings. The topological polar surface area (TPSA) is 18.5 Å². The summed E-state index contributed by atoms with van der Waals surface area (Å²) in [4.78, 5) is 0. The van der Waals surface area contributed by atoms with Crippen LogP contribution in [0.2, 0.25) is 5.82 Å². The van der Waals surface area contributed by atoms with E-state index in [9.17, 15) is 0 Å². The van der Waals surface area contributed by atoms with Crippen LogP contribution in [0.5, 0.6) is 0 Å². The summed E-state index contributed by atoms with van der Waals surface area (Å²) >= 11 is 0. The van der Waals surface area contributed by atoms with Crippen molar-refractivity contribution >= 4 is 7.12 Å². The highest BCUT2D eigenvalue weighted by atomic mass is 16.7. The fourth-order valence-corrected chi connectivity index (χ4v) is 2.96. The van der Waals surface area contributed by atoms with Gasteiger partial charge < -0.3 is 9.31 Å². The van der Waals surface area contributed by atoms with Crippen molar-refractivity contribution in [3.8, 4) is 0 Å². The maximum absolute atomic E-state index is 6.25. The summed E-state index contributed by atoms with van der Waals surface area (Å²) in [6, 6.07) is 9.03. The highest BCUT2D eigenvalue weighted by Gasteiger charge is 2.53. The predicted molar refractivity (Wildman–Crippen MR) is 99.0 cm³/mol. The van der Waals surface area contributed by atoms with Gasteiger partial charge in [0.15, 0.2) is 0 Å². The van der Waals surface area contributed by atoms with Crippen LogP contribution in [0.15, 0.2) is 24.3 Å². The standard InChI is InChI=1S/C20H33BO2/c1-9-17(21-22-19(5,6)20(7,8)23-21)14-15-10-12-16(13-11-15)18(2,3)4/h10-13,17H,9,14H2,1-8H3. The van der Waals surface area contributed by atoms with Gasteiger partial charge in [-0.3, -0.25) is 0 Å². The van der Waals surface area contributed by atoms with Crippen LogP contribution in [0.3, 0.4) is 0 Å². The molecule has 0 aliphatic carbocycles. The zero-order valence-corrected chi connectivity index (χ0v) is 16.2. The normalized spacial score (nSPS) is 21.5. The fraction of sp³-hybridized carbons (Fsp3) is 0.700. The molecular formula is C20H33BO2. The minimum atomic E-state index is -0.249. The lowest BCUT2D eigenvalue weighted by atomic mass is 9.67. The van der Waals surface area contributed by atoms with Crippen molar-refractivity contribution in [2.24, 2.45) is 0 Å². The van der Waals surface area contributed by atoms with Crippen molar-refractivity contribution in [1.82, 2.24) is 0 Å². The van der Waals surface area contributed by atoms with E-state index in [-0.39, 0.29) is 23.7 Å². The van der Waals surface area contributed by atoms with Crippen LogP contribution in [0.1, 0.15) is 72.9 Å². The Balaban J connectivity index is 2.09. The van der Waals surface area contributed by atoms with E-state index >= 15 is 0 Å². The molecular weight excluding hydrogens is 283 g/mol. The maximum atomic E-state index is 6.25. The van der Waals surface area contributed by atoms with Crippen LogP contribution < -0.4 is 0 Å². The van der Waals surface area contributed by atoms with E-state index in [1.807, 2.05) is 0 Å². The Kier molecular flexibility index (Phi) is 5.04. The Morgan fingerprint density at radius 3 is 1.83 bits per heavy atom. The molecule has 0 saturated carbocycles. The Bertz CT molecular complexity index is 510. The zero-order chi connectivity index (χ0) is 17.5. The molecule has 1 aromatic carbocycles. The lowest BCUT2D eigenvalue weighted by Crippen LogP contribution is -2.41. The molecule has 2 nitrogen and oxygen atoms in total. The van der Waals surface area contributed by atoms with Crippen LogP contribution in [0.4, 0.5) is 0 Å². The van der Waals surface area contributed by atoms with Gasteiger partial charge in [-0.15, -0.1) is 0 Å². The first-order valence-corrected chi connectivity index (χ1v) is 8.91. The third-order valence-corrected chi connectivity index (χ3v) is 5.50. The van der Waals surface area contributed by atoms with Crippen LogP contribution in [-0.4, -0.2) is 18.3 Å². The minimum absolute atomic E-state index is 0.118. The molecule has 1 aliphatic heterocycles. The molecule has 0 radical (unpaired) electrons. The van der Waals surface area contributed by atoms with E-state index < -0.39 is 0 Å². The van der Waals surface area contributed by atoms with Gasteiger partial charge in [-0.2, -0.15) is 0 Å². The van der Waals surface area contributed by atoms with Crippen molar-refractivity contribution in [2.45, 2.75) is 90.7 Å². The van der Waals surface area contributed by atoms with E-state index in [4.69, 9.17) is 9.31 Å². The largest absolute Gasteiger partial charge is 0.461 e. The molecule has 1 aromatic rings. The van der Waals surface area contributed by atoms with Crippen molar-refractivity contribution < 1.29 is 9.31 Å². The maximum Gasteiger partial charge on any atom is 0.461 e. The molecule has 1 unspecified atom stereocenters. The molecule has 3 heteroatoms. The van der Waals surface area contributed by atoms with E-state index in [0.29, 0.717) is 5.82 Å². The molecule has 128 valence electrons. The van der Waals surface area contributed by atoms with Crippen molar-refractivity contribution in [3.63, 3.8) is 0 Å². The second kappa shape index (κ2) is 6.25. The summed E-state index contributed by atoms with van der Waals surface area (Å²) in [6.45, 7) is 17.5. The highest BCUT2D eigenvalue weighted by molar-refractivity contribution is 6.47. The van der Waals surface area contributed by atoms with E-state index in [1.165, 1.54) is 11.1 Å². The van der Waals surface area contributed by atoms with Gasteiger partial charge in [0.1, 0.15) is 0 Å². The number of hydrogen-bond donors (Lipinski definition) is 0. The highest BCUT2D eigenvalue weighted by Crippen LogP contribution is 2.41. The smallest absolute Gasteiger partial charge is 0.403 e. The fourth-order valence-electron chi connectivity index (χ4n) is 2.96. The third kappa shape index (κ3) is 4.00. The molecule has 1 atom stereocenters.